The van der Waals surface area contributed by atoms with Crippen molar-refractivity contribution in [2.24, 2.45) is 0 Å². The molecule has 4 aromatic rings. The van der Waals surface area contributed by atoms with Gasteiger partial charge in [-0.15, -0.1) is 0 Å². The van der Waals surface area contributed by atoms with Gasteiger partial charge in [0.25, 0.3) is 0 Å². The summed E-state index contributed by atoms with van der Waals surface area (Å²) in [5, 5.41) is 3.35. The molecule has 0 aliphatic heterocycles. The predicted molar refractivity (Wildman–Crippen MR) is 103 cm³/mol. The molecule has 0 saturated heterocycles. The zero-order valence-electron chi connectivity index (χ0n) is 14.9. The second-order valence-corrected chi connectivity index (χ2v) is 6.58. The monoisotopic (exact) mass is 419 g/mol. The minimum absolute atomic E-state index is 0.0623. The summed E-state index contributed by atoms with van der Waals surface area (Å²) >= 11 is 6.09. The maximum absolute atomic E-state index is 12.7. The number of halogens is 4. The summed E-state index contributed by atoms with van der Waals surface area (Å²) in [6.07, 6.45) is -4.41. The molecule has 0 aliphatic carbocycles. The van der Waals surface area contributed by atoms with Crippen LogP contribution in [0.5, 0.6) is 0 Å². The molecule has 11 heteroatoms. The first-order chi connectivity index (χ1) is 13.7. The molecule has 4 rings (SSSR count). The Morgan fingerprint density at radius 2 is 1.72 bits per heavy atom. The number of hydrogen-bond donors (Lipinski definition) is 2. The Bertz CT molecular complexity index is 1200. The van der Waals surface area contributed by atoms with Crippen LogP contribution in [-0.4, -0.2) is 24.5 Å². The minimum Gasteiger partial charge on any atom is -0.368 e. The lowest BCUT2D eigenvalue weighted by Gasteiger charge is -2.11. The highest BCUT2D eigenvalue weighted by Gasteiger charge is 2.30. The maximum atomic E-state index is 12.7. The number of hydrogen-bond acceptors (Lipinski definition) is 6. The number of rotatable bonds is 3. The van der Waals surface area contributed by atoms with Crippen molar-refractivity contribution in [1.29, 1.82) is 0 Å². The van der Waals surface area contributed by atoms with E-state index in [1.54, 1.807) is 29.7 Å². The normalized spacial score (nSPS) is 11.8. The van der Waals surface area contributed by atoms with Gasteiger partial charge in [0.2, 0.25) is 17.8 Å². The second-order valence-electron chi connectivity index (χ2n) is 6.14. The standard InChI is InChI=1S/C18H13ClF3N7/c1-9-24-13-7-4-11(19)8-14(13)29(9)17-27-15(23)26-16(28-17)25-12-5-2-10(3-6-12)18(20,21)22/h2-8H,1H3,(H3,23,25,26,27,28). The first-order valence-corrected chi connectivity index (χ1v) is 8.69. The molecule has 0 fully saturated rings. The fourth-order valence-corrected chi connectivity index (χ4v) is 3.00. The Labute approximate surface area is 167 Å². The molecule has 0 aliphatic rings. The van der Waals surface area contributed by atoms with Crippen LogP contribution >= 0.6 is 11.6 Å². The van der Waals surface area contributed by atoms with Crippen LogP contribution in [0.3, 0.4) is 0 Å². The SMILES string of the molecule is Cc1nc2ccc(Cl)cc2n1-c1nc(N)nc(Nc2ccc(C(F)(F)F)cc2)n1. The first kappa shape index (κ1) is 18.9. The van der Waals surface area contributed by atoms with Gasteiger partial charge in [0.05, 0.1) is 16.6 Å². The molecule has 148 valence electrons. The zero-order chi connectivity index (χ0) is 20.8. The number of fused-ring (bicyclic) bond motifs is 1. The number of aromatic nitrogens is 5. The summed E-state index contributed by atoms with van der Waals surface area (Å²) in [6, 6.07) is 9.69. The van der Waals surface area contributed by atoms with E-state index in [4.69, 9.17) is 17.3 Å². The zero-order valence-corrected chi connectivity index (χ0v) is 15.6. The lowest BCUT2D eigenvalue weighted by Crippen LogP contribution is -2.10. The molecule has 2 aromatic heterocycles. The van der Waals surface area contributed by atoms with E-state index in [1.807, 2.05) is 0 Å². The largest absolute Gasteiger partial charge is 0.416 e. The number of alkyl halides is 3. The third kappa shape index (κ3) is 3.79. The van der Waals surface area contributed by atoms with Crippen molar-refractivity contribution in [3.05, 3.63) is 58.9 Å². The number of imidazole rings is 1. The van der Waals surface area contributed by atoms with Crippen LogP contribution in [0.25, 0.3) is 17.0 Å². The van der Waals surface area contributed by atoms with Crippen molar-refractivity contribution < 1.29 is 13.2 Å². The van der Waals surface area contributed by atoms with Crippen molar-refractivity contribution in [3.63, 3.8) is 0 Å². The molecule has 7 nitrogen and oxygen atoms in total. The quantitative estimate of drug-likeness (QED) is 0.507. The molecule has 0 saturated carbocycles. The predicted octanol–water partition coefficient (Wildman–Crippen LogP) is 4.52. The molecule has 2 heterocycles. The van der Waals surface area contributed by atoms with Crippen LogP contribution in [-0.2, 0) is 6.18 Å². The van der Waals surface area contributed by atoms with E-state index < -0.39 is 11.7 Å². The summed E-state index contributed by atoms with van der Waals surface area (Å²) < 4.78 is 39.8. The van der Waals surface area contributed by atoms with Gasteiger partial charge in [-0.05, 0) is 49.4 Å². The highest BCUT2D eigenvalue weighted by molar-refractivity contribution is 6.31. The molecule has 0 bridgehead atoms. The first-order valence-electron chi connectivity index (χ1n) is 8.31. The van der Waals surface area contributed by atoms with Gasteiger partial charge in [0.1, 0.15) is 5.82 Å². The Morgan fingerprint density at radius 1 is 1.00 bits per heavy atom. The molecule has 0 radical (unpaired) electrons. The fourth-order valence-electron chi connectivity index (χ4n) is 2.83. The lowest BCUT2D eigenvalue weighted by atomic mass is 10.2. The van der Waals surface area contributed by atoms with Crippen LogP contribution in [0.15, 0.2) is 42.5 Å². The van der Waals surface area contributed by atoms with Gasteiger partial charge in [0.15, 0.2) is 0 Å². The number of anilines is 3. The molecule has 3 N–H and O–H groups in total. The van der Waals surface area contributed by atoms with Gasteiger partial charge in [-0.2, -0.15) is 28.1 Å². The van der Waals surface area contributed by atoms with Crippen LogP contribution < -0.4 is 11.1 Å². The number of nitrogen functional groups attached to an aromatic ring is 1. The Hall–Kier alpha value is -3.40. The van der Waals surface area contributed by atoms with Crippen molar-refractivity contribution >= 4 is 40.2 Å². The van der Waals surface area contributed by atoms with Crippen molar-refractivity contribution in [2.45, 2.75) is 13.1 Å². The van der Waals surface area contributed by atoms with Crippen molar-refractivity contribution in [2.75, 3.05) is 11.1 Å². The van der Waals surface area contributed by atoms with Gasteiger partial charge >= 0.3 is 6.18 Å². The van der Waals surface area contributed by atoms with E-state index in [0.717, 1.165) is 12.1 Å². The Balaban J connectivity index is 1.72. The third-order valence-corrected chi connectivity index (χ3v) is 4.33. The van der Waals surface area contributed by atoms with Gasteiger partial charge in [0, 0.05) is 10.7 Å². The van der Waals surface area contributed by atoms with Gasteiger partial charge in [-0.3, -0.25) is 4.57 Å². The van der Waals surface area contributed by atoms with Gasteiger partial charge in [-0.25, -0.2) is 4.98 Å². The van der Waals surface area contributed by atoms with Crippen LogP contribution in [0.2, 0.25) is 5.02 Å². The molecular formula is C18H13ClF3N7. The van der Waals surface area contributed by atoms with Gasteiger partial charge < -0.3 is 11.1 Å². The van der Waals surface area contributed by atoms with E-state index >= 15 is 0 Å². The second kappa shape index (κ2) is 6.89. The highest BCUT2D eigenvalue weighted by atomic mass is 35.5. The molecule has 0 amide bonds. The fraction of sp³-hybridized carbons (Fsp3) is 0.111. The summed E-state index contributed by atoms with van der Waals surface area (Å²) in [5.41, 5.74) is 6.80. The van der Waals surface area contributed by atoms with Crippen LogP contribution in [0.1, 0.15) is 11.4 Å². The number of nitrogens with zero attached hydrogens (tertiary/aromatic N) is 5. The molecule has 0 spiro atoms. The number of aryl methyl sites for hydroxylation is 1. The number of nitrogens with one attached hydrogen (secondary N) is 1. The molecule has 0 atom stereocenters. The highest BCUT2D eigenvalue weighted by Crippen LogP contribution is 2.30. The summed E-state index contributed by atoms with van der Waals surface area (Å²) in [5.74, 6) is 0.825. The molecule has 0 unspecified atom stereocenters. The summed E-state index contributed by atoms with van der Waals surface area (Å²) in [7, 11) is 0. The smallest absolute Gasteiger partial charge is 0.368 e. The topological polar surface area (TPSA) is 94.5 Å². The van der Waals surface area contributed by atoms with Crippen molar-refractivity contribution in [1.82, 2.24) is 24.5 Å². The molecule has 2 aromatic carbocycles. The van der Waals surface area contributed by atoms with E-state index in [0.29, 0.717) is 27.6 Å². The number of nitrogens with two attached hydrogens (primary N) is 1. The summed E-state index contributed by atoms with van der Waals surface area (Å²) in [4.78, 5) is 16.9. The van der Waals surface area contributed by atoms with E-state index in [-0.39, 0.29) is 17.8 Å². The lowest BCUT2D eigenvalue weighted by molar-refractivity contribution is -0.137. The maximum Gasteiger partial charge on any atom is 0.416 e. The van der Waals surface area contributed by atoms with E-state index in [2.05, 4.69) is 25.3 Å². The van der Waals surface area contributed by atoms with Crippen LogP contribution in [0.4, 0.5) is 30.8 Å². The van der Waals surface area contributed by atoms with Crippen LogP contribution in [0, 0.1) is 6.92 Å². The minimum atomic E-state index is -4.41. The van der Waals surface area contributed by atoms with Crippen molar-refractivity contribution in [3.8, 4) is 5.95 Å². The Kier molecular flexibility index (Phi) is 4.50. The summed E-state index contributed by atoms with van der Waals surface area (Å²) in [6.45, 7) is 1.77. The van der Waals surface area contributed by atoms with E-state index in [1.165, 1.54) is 12.1 Å². The average molecular weight is 420 g/mol. The molecule has 29 heavy (non-hydrogen) atoms. The molecular weight excluding hydrogens is 407 g/mol. The van der Waals surface area contributed by atoms with Gasteiger partial charge in [-0.1, -0.05) is 11.6 Å². The Morgan fingerprint density at radius 3 is 2.41 bits per heavy atom. The van der Waals surface area contributed by atoms with E-state index in [9.17, 15) is 13.2 Å². The number of benzene rings is 2. The average Bonchev–Trinajstić information content (AvgIpc) is 2.96. The third-order valence-electron chi connectivity index (χ3n) is 4.09.